The van der Waals surface area contributed by atoms with Crippen molar-refractivity contribution in [1.82, 2.24) is 10.2 Å². The van der Waals surface area contributed by atoms with Crippen molar-refractivity contribution < 1.29 is 14.3 Å². The third kappa shape index (κ3) is 3.95. The molecule has 0 saturated carbocycles. The second-order valence-corrected chi connectivity index (χ2v) is 7.89. The highest BCUT2D eigenvalue weighted by molar-refractivity contribution is 7.99. The summed E-state index contributed by atoms with van der Waals surface area (Å²) in [6.07, 6.45) is 0.891. The summed E-state index contributed by atoms with van der Waals surface area (Å²) < 4.78 is 5.79. The van der Waals surface area contributed by atoms with Crippen LogP contribution in [0.2, 0.25) is 0 Å². The molecule has 0 bridgehead atoms. The van der Waals surface area contributed by atoms with Gasteiger partial charge in [-0.05, 0) is 30.2 Å². The molecule has 6 heteroatoms. The Bertz CT molecular complexity index is 827. The average Bonchev–Trinajstić information content (AvgIpc) is 3.22. The van der Waals surface area contributed by atoms with Crippen molar-refractivity contribution in [3.63, 3.8) is 0 Å². The van der Waals surface area contributed by atoms with Crippen LogP contribution in [-0.2, 0) is 11.2 Å². The van der Waals surface area contributed by atoms with Gasteiger partial charge < -0.3 is 15.0 Å². The minimum Gasteiger partial charge on any atom is -0.493 e. The van der Waals surface area contributed by atoms with Crippen molar-refractivity contribution in [2.24, 2.45) is 5.92 Å². The van der Waals surface area contributed by atoms with Crippen molar-refractivity contribution in [2.45, 2.75) is 12.5 Å². The topological polar surface area (TPSA) is 58.6 Å². The minimum atomic E-state index is -0.417. The van der Waals surface area contributed by atoms with Crippen LogP contribution in [0.5, 0.6) is 5.75 Å². The third-order valence-electron chi connectivity index (χ3n) is 4.99. The summed E-state index contributed by atoms with van der Waals surface area (Å²) in [5.41, 5.74) is 1.80. The van der Waals surface area contributed by atoms with Gasteiger partial charge in [0.15, 0.2) is 0 Å². The van der Waals surface area contributed by atoms with Gasteiger partial charge in [0.25, 0.3) is 5.91 Å². The second kappa shape index (κ2) is 8.05. The lowest BCUT2D eigenvalue weighted by Crippen LogP contribution is -2.48. The van der Waals surface area contributed by atoms with Crippen molar-refractivity contribution in [1.29, 1.82) is 0 Å². The number of carbonyl (C=O) groups excluding carboxylic acids is 2. The number of amides is 2. The number of nitrogens with zero attached hydrogens (tertiary/aromatic N) is 1. The maximum Gasteiger partial charge on any atom is 0.255 e. The van der Waals surface area contributed by atoms with Crippen molar-refractivity contribution in [2.75, 3.05) is 24.8 Å². The Morgan fingerprint density at radius 1 is 1.11 bits per heavy atom. The second-order valence-electron chi connectivity index (χ2n) is 6.89. The van der Waals surface area contributed by atoms with Crippen molar-refractivity contribution in [3.8, 4) is 5.75 Å². The fourth-order valence-electron chi connectivity index (χ4n) is 3.49. The highest BCUT2D eigenvalue weighted by atomic mass is 32.2. The zero-order valence-electron chi connectivity index (χ0n) is 15.0. The monoisotopic (exact) mass is 382 g/mol. The number of hydrogen-bond acceptors (Lipinski definition) is 4. The van der Waals surface area contributed by atoms with E-state index in [-0.39, 0.29) is 17.7 Å². The fraction of sp³-hybridized carbons (Fsp3) is 0.333. The smallest absolute Gasteiger partial charge is 0.255 e. The predicted octanol–water partition coefficient (Wildman–Crippen LogP) is 2.57. The van der Waals surface area contributed by atoms with E-state index in [9.17, 15) is 9.59 Å². The largest absolute Gasteiger partial charge is 0.493 e. The molecule has 1 N–H and O–H groups in total. The maximum atomic E-state index is 12.7. The van der Waals surface area contributed by atoms with E-state index in [1.54, 1.807) is 28.8 Å². The molecule has 5 nitrogen and oxygen atoms in total. The zero-order chi connectivity index (χ0) is 18.6. The van der Waals surface area contributed by atoms with Crippen molar-refractivity contribution in [3.05, 3.63) is 65.7 Å². The molecular weight excluding hydrogens is 360 g/mol. The van der Waals surface area contributed by atoms with Crippen LogP contribution in [-0.4, -0.2) is 47.5 Å². The number of hydrogen-bond donors (Lipinski definition) is 1. The number of ether oxygens (including phenoxy) is 1. The van der Waals surface area contributed by atoms with Crippen LogP contribution in [0.25, 0.3) is 0 Å². The molecule has 1 saturated heterocycles. The number of carbonyl (C=O) groups is 2. The zero-order valence-corrected chi connectivity index (χ0v) is 15.8. The van der Waals surface area contributed by atoms with Crippen LogP contribution in [0.3, 0.4) is 0 Å². The maximum absolute atomic E-state index is 12.7. The highest BCUT2D eigenvalue weighted by Crippen LogP contribution is 2.27. The standard InChI is InChI=1S/C21H22N2O3S/c24-20(22-11-15-10-17-8-4-5-9-19(17)26-12-15)18-13-27-14-23(18)21(25)16-6-2-1-3-7-16/h1-9,15,18H,10-14H2,(H,22,24)/t15-,18-/m0/s1. The first-order valence-electron chi connectivity index (χ1n) is 9.14. The van der Waals surface area contributed by atoms with Crippen LogP contribution in [0, 0.1) is 5.92 Å². The molecule has 0 spiro atoms. The lowest BCUT2D eigenvalue weighted by molar-refractivity contribution is -0.124. The summed E-state index contributed by atoms with van der Waals surface area (Å²) in [6, 6.07) is 16.7. The molecule has 2 aromatic rings. The number of nitrogens with one attached hydrogen (secondary N) is 1. The molecule has 2 amide bonds. The first kappa shape index (κ1) is 17.9. The molecule has 0 unspecified atom stereocenters. The van der Waals surface area contributed by atoms with Crippen LogP contribution in [0.15, 0.2) is 54.6 Å². The normalized spacial score (nSPS) is 21.3. The molecule has 2 aliphatic rings. The Morgan fingerprint density at radius 3 is 2.74 bits per heavy atom. The summed E-state index contributed by atoms with van der Waals surface area (Å²) >= 11 is 1.61. The van der Waals surface area contributed by atoms with E-state index >= 15 is 0 Å². The fourth-order valence-corrected chi connectivity index (χ4v) is 4.65. The summed E-state index contributed by atoms with van der Waals surface area (Å²) in [6.45, 7) is 1.16. The number of fused-ring (bicyclic) bond motifs is 1. The van der Waals surface area contributed by atoms with Crippen LogP contribution in [0.1, 0.15) is 15.9 Å². The Labute approximate surface area is 163 Å². The summed E-state index contributed by atoms with van der Waals surface area (Å²) in [7, 11) is 0. The van der Waals surface area contributed by atoms with Gasteiger partial charge in [0.05, 0.1) is 12.5 Å². The Balaban J connectivity index is 1.35. The van der Waals surface area contributed by atoms with Gasteiger partial charge in [0, 0.05) is 23.8 Å². The van der Waals surface area contributed by atoms with Crippen LogP contribution >= 0.6 is 11.8 Å². The Kier molecular flexibility index (Phi) is 5.34. The summed E-state index contributed by atoms with van der Waals surface area (Å²) in [4.78, 5) is 27.1. The van der Waals surface area contributed by atoms with Gasteiger partial charge in [-0.25, -0.2) is 0 Å². The van der Waals surface area contributed by atoms with E-state index in [2.05, 4.69) is 11.4 Å². The number of rotatable bonds is 4. The molecule has 1 fully saturated rings. The number of para-hydroxylation sites is 1. The lowest BCUT2D eigenvalue weighted by Gasteiger charge is -2.27. The molecule has 4 rings (SSSR count). The van der Waals surface area contributed by atoms with Gasteiger partial charge in [0.2, 0.25) is 5.91 Å². The number of benzene rings is 2. The molecule has 0 aliphatic carbocycles. The SMILES string of the molecule is O=C(NC[C@H]1COc2ccccc2C1)[C@@H]1CSCN1C(=O)c1ccccc1. The van der Waals surface area contributed by atoms with Crippen molar-refractivity contribution >= 4 is 23.6 Å². The first-order valence-corrected chi connectivity index (χ1v) is 10.3. The molecule has 0 radical (unpaired) electrons. The predicted molar refractivity (Wildman–Crippen MR) is 106 cm³/mol. The van der Waals surface area contributed by atoms with Gasteiger partial charge in [-0.1, -0.05) is 36.4 Å². The lowest BCUT2D eigenvalue weighted by atomic mass is 9.96. The van der Waals surface area contributed by atoms with Gasteiger partial charge in [-0.3, -0.25) is 9.59 Å². The Morgan fingerprint density at radius 2 is 1.89 bits per heavy atom. The molecule has 2 aliphatic heterocycles. The first-order chi connectivity index (χ1) is 13.2. The molecule has 0 aromatic heterocycles. The molecule has 2 heterocycles. The molecule has 140 valence electrons. The summed E-state index contributed by atoms with van der Waals surface area (Å²) in [5, 5.41) is 3.04. The minimum absolute atomic E-state index is 0.0804. The number of thioether (sulfide) groups is 1. The van der Waals surface area contributed by atoms with Crippen LogP contribution < -0.4 is 10.1 Å². The third-order valence-corrected chi connectivity index (χ3v) is 6.00. The van der Waals surface area contributed by atoms with E-state index in [0.29, 0.717) is 30.3 Å². The van der Waals surface area contributed by atoms with Gasteiger partial charge in [0.1, 0.15) is 11.8 Å². The Hall–Kier alpha value is -2.47. The van der Waals surface area contributed by atoms with Crippen LogP contribution in [0.4, 0.5) is 0 Å². The molecule has 27 heavy (non-hydrogen) atoms. The van der Waals surface area contributed by atoms with Gasteiger partial charge in [-0.2, -0.15) is 0 Å². The van der Waals surface area contributed by atoms with E-state index < -0.39 is 6.04 Å². The highest BCUT2D eigenvalue weighted by Gasteiger charge is 2.35. The van der Waals surface area contributed by atoms with E-state index in [1.165, 1.54) is 5.56 Å². The quantitative estimate of drug-likeness (QED) is 0.883. The van der Waals surface area contributed by atoms with E-state index in [0.717, 1.165) is 12.2 Å². The summed E-state index contributed by atoms with van der Waals surface area (Å²) in [5.74, 6) is 2.20. The van der Waals surface area contributed by atoms with E-state index in [1.807, 2.05) is 36.4 Å². The average molecular weight is 382 g/mol. The van der Waals surface area contributed by atoms with E-state index in [4.69, 9.17) is 4.74 Å². The molecule has 2 atom stereocenters. The van der Waals surface area contributed by atoms with Gasteiger partial charge in [-0.15, -0.1) is 11.8 Å². The van der Waals surface area contributed by atoms with Gasteiger partial charge >= 0.3 is 0 Å². The molecule has 2 aromatic carbocycles. The molecular formula is C21H22N2O3S.